The van der Waals surface area contributed by atoms with Crippen molar-refractivity contribution in [2.45, 2.75) is 19.6 Å². The van der Waals surface area contributed by atoms with Crippen LogP contribution in [0.25, 0.3) is 0 Å². The second kappa shape index (κ2) is 6.04. The molecule has 1 rings (SSSR count). The van der Waals surface area contributed by atoms with E-state index in [0.29, 0.717) is 0 Å². The Morgan fingerprint density at radius 2 is 1.21 bits per heavy atom. The molecular formula is C6HF4S4. The van der Waals surface area contributed by atoms with Gasteiger partial charge >= 0.3 is 0 Å². The van der Waals surface area contributed by atoms with Crippen molar-refractivity contribution < 1.29 is 15.5 Å². The van der Waals surface area contributed by atoms with Gasteiger partial charge < -0.3 is 0 Å². The first-order chi connectivity index (χ1) is 6.76. The third kappa shape index (κ3) is 2.68. The molecule has 0 unspecified atom stereocenters. The van der Waals surface area contributed by atoms with E-state index < -0.39 is 0 Å². The van der Waals surface area contributed by atoms with Gasteiger partial charge in [-0.2, -0.15) is 15.5 Å². The van der Waals surface area contributed by atoms with Crippen LogP contribution in [0.2, 0.25) is 0 Å². The second-order valence-corrected chi connectivity index (χ2v) is 4.28. The van der Waals surface area contributed by atoms with Crippen LogP contribution < -0.4 is 0 Å². The third-order valence-corrected chi connectivity index (χ3v) is 3.44. The maximum absolute atomic E-state index is 12.2. The van der Waals surface area contributed by atoms with E-state index in [2.05, 4.69) is 6.07 Å². The van der Waals surface area contributed by atoms with Crippen molar-refractivity contribution >= 4 is 48.6 Å². The van der Waals surface area contributed by atoms with Crippen molar-refractivity contribution in [3.05, 3.63) is 12.1 Å². The van der Waals surface area contributed by atoms with Crippen molar-refractivity contribution in [2.75, 3.05) is 0 Å². The molecule has 0 heterocycles. The number of halogens is 4. The maximum Gasteiger partial charge on any atom is 0.0832 e. The first-order valence-corrected chi connectivity index (χ1v) is 5.88. The van der Waals surface area contributed by atoms with E-state index in [9.17, 15) is 15.5 Å². The Balaban J connectivity index is 3.20. The van der Waals surface area contributed by atoms with Crippen LogP contribution in [-0.4, -0.2) is 0 Å². The van der Waals surface area contributed by atoms with Crippen molar-refractivity contribution in [3.63, 3.8) is 0 Å². The fraction of sp³-hybridized carbons (Fsp3) is 0. The fourth-order valence-corrected chi connectivity index (χ4v) is 2.34. The molecule has 1 aromatic carbocycles. The molecule has 0 aliphatic rings. The molecule has 77 valence electrons. The number of hydrogen-bond acceptors (Lipinski definition) is 4. The minimum atomic E-state index is -0.259. The minimum absolute atomic E-state index is 0.115. The van der Waals surface area contributed by atoms with Crippen LogP contribution >= 0.6 is 48.6 Å². The van der Waals surface area contributed by atoms with Crippen LogP contribution in [0.15, 0.2) is 25.6 Å². The van der Waals surface area contributed by atoms with Crippen molar-refractivity contribution in [3.8, 4) is 0 Å². The summed E-state index contributed by atoms with van der Waals surface area (Å²) in [5.41, 5.74) is 0. The quantitative estimate of drug-likeness (QED) is 0.676. The van der Waals surface area contributed by atoms with Gasteiger partial charge in [0, 0.05) is 6.07 Å². The Bertz CT molecular complexity index is 261. The molecule has 0 saturated heterocycles. The highest BCUT2D eigenvalue weighted by Crippen LogP contribution is 2.41. The molecule has 8 heteroatoms. The van der Waals surface area contributed by atoms with Gasteiger partial charge in [-0.25, -0.2) is 0 Å². The monoisotopic (exact) mass is 277 g/mol. The van der Waals surface area contributed by atoms with Gasteiger partial charge in [-0.15, -0.1) is 0 Å². The van der Waals surface area contributed by atoms with Gasteiger partial charge in [-0.1, -0.05) is 0 Å². The predicted octanol–water partition coefficient (Wildman–Crippen LogP) is 5.39. The Kier molecular flexibility index (Phi) is 5.35. The van der Waals surface area contributed by atoms with Crippen molar-refractivity contribution in [1.29, 1.82) is 0 Å². The molecule has 0 spiro atoms. The van der Waals surface area contributed by atoms with Crippen LogP contribution in [0.1, 0.15) is 0 Å². The van der Waals surface area contributed by atoms with E-state index in [4.69, 9.17) is 0 Å². The molecule has 0 bridgehead atoms. The topological polar surface area (TPSA) is 0 Å². The Morgan fingerprint density at radius 3 is 1.50 bits per heavy atom. The molecule has 0 saturated carbocycles. The SMILES string of the molecule is FSc1[c]c(SF)c(SF)cc1SF. The summed E-state index contributed by atoms with van der Waals surface area (Å²) >= 11 is -0.989. The molecule has 0 fully saturated rings. The van der Waals surface area contributed by atoms with Gasteiger partial charge in [0.2, 0.25) is 0 Å². The molecule has 0 aliphatic heterocycles. The molecule has 0 aromatic heterocycles. The van der Waals surface area contributed by atoms with E-state index >= 15 is 0 Å². The van der Waals surface area contributed by atoms with Crippen molar-refractivity contribution in [2.24, 2.45) is 0 Å². The lowest BCUT2D eigenvalue weighted by atomic mass is 10.3. The summed E-state index contributed by atoms with van der Waals surface area (Å²) in [6.07, 6.45) is 0. The van der Waals surface area contributed by atoms with Gasteiger partial charge in [0.05, 0.1) is 68.2 Å². The zero-order valence-electron chi connectivity index (χ0n) is 6.22. The van der Waals surface area contributed by atoms with E-state index in [-0.39, 0.29) is 68.2 Å². The van der Waals surface area contributed by atoms with Gasteiger partial charge in [0.1, 0.15) is 0 Å². The lowest BCUT2D eigenvalue weighted by molar-refractivity contribution is 0.879. The standard InChI is InChI=1S/C6HF4S4/c7-11-3-1-4(12-8)6(14-10)2-5(3)13-9/h1H. The minimum Gasteiger partial charge on any atom is -0.160 e. The fourth-order valence-electron chi connectivity index (χ4n) is 0.706. The molecule has 0 amide bonds. The molecule has 0 aliphatic carbocycles. The smallest absolute Gasteiger partial charge is 0.0832 e. The average molecular weight is 277 g/mol. The molecule has 1 radical (unpaired) electrons. The Hall–Kier alpha value is 0.340. The zero-order valence-corrected chi connectivity index (χ0v) is 9.49. The summed E-state index contributed by atoms with van der Waals surface area (Å²) in [5.74, 6) is 0. The van der Waals surface area contributed by atoms with Crippen LogP contribution in [0.3, 0.4) is 0 Å². The van der Waals surface area contributed by atoms with Gasteiger partial charge in [-0.05, 0) is 6.07 Å². The summed E-state index contributed by atoms with van der Waals surface area (Å²) in [6.45, 7) is 0. The lowest BCUT2D eigenvalue weighted by Gasteiger charge is -2.04. The van der Waals surface area contributed by atoms with Crippen LogP contribution in [-0.2, 0) is 0 Å². The second-order valence-electron chi connectivity index (χ2n) is 1.96. The highest BCUT2D eigenvalue weighted by atomic mass is 32.2. The molecule has 0 nitrogen and oxygen atoms in total. The Labute approximate surface area is 95.8 Å². The summed E-state index contributed by atoms with van der Waals surface area (Å²) in [7, 11) is 0. The van der Waals surface area contributed by atoms with Gasteiger partial charge in [-0.3, -0.25) is 0 Å². The summed E-state index contributed by atoms with van der Waals surface area (Å²) in [6, 6.07) is 3.27. The predicted molar refractivity (Wildman–Crippen MR) is 53.1 cm³/mol. The van der Waals surface area contributed by atoms with Crippen LogP contribution in [0, 0.1) is 6.07 Å². The van der Waals surface area contributed by atoms with E-state index in [1.165, 1.54) is 0 Å². The number of benzene rings is 1. The van der Waals surface area contributed by atoms with E-state index in [0.717, 1.165) is 6.07 Å². The highest BCUT2D eigenvalue weighted by molar-refractivity contribution is 7.98. The highest BCUT2D eigenvalue weighted by Gasteiger charge is 2.14. The van der Waals surface area contributed by atoms with Gasteiger partial charge in [0.25, 0.3) is 0 Å². The summed E-state index contributed by atoms with van der Waals surface area (Å²) < 4.78 is 48.8. The zero-order chi connectivity index (χ0) is 10.6. The van der Waals surface area contributed by atoms with E-state index in [1.807, 2.05) is 0 Å². The summed E-state index contributed by atoms with van der Waals surface area (Å²) in [4.78, 5) is -0.600. The first kappa shape index (κ1) is 12.4. The molecule has 1 aromatic rings. The lowest BCUT2D eigenvalue weighted by Crippen LogP contribution is -1.81. The van der Waals surface area contributed by atoms with Gasteiger partial charge in [0.15, 0.2) is 0 Å². The largest absolute Gasteiger partial charge is 0.160 e. The molecule has 14 heavy (non-hydrogen) atoms. The Morgan fingerprint density at radius 1 is 0.786 bits per heavy atom. The molecule has 0 atom stereocenters. The first-order valence-electron chi connectivity index (χ1n) is 3.01. The normalized spacial score (nSPS) is 10.6. The van der Waals surface area contributed by atoms with Crippen molar-refractivity contribution in [1.82, 2.24) is 0 Å². The molecular weight excluding hydrogens is 276 g/mol. The molecule has 0 N–H and O–H groups in total. The van der Waals surface area contributed by atoms with Crippen LogP contribution in [0.4, 0.5) is 15.5 Å². The average Bonchev–Trinajstić information content (AvgIpc) is 2.26. The van der Waals surface area contributed by atoms with E-state index in [1.54, 1.807) is 0 Å². The summed E-state index contributed by atoms with van der Waals surface area (Å²) in [5, 5.41) is 0. The number of hydrogen-bond donors (Lipinski definition) is 0. The third-order valence-electron chi connectivity index (χ3n) is 1.26. The number of rotatable bonds is 4. The van der Waals surface area contributed by atoms with Crippen LogP contribution in [0.5, 0.6) is 0 Å². The maximum atomic E-state index is 12.2.